The molecule has 92 valence electrons. The van der Waals surface area contributed by atoms with Crippen LogP contribution in [0.25, 0.3) is 0 Å². The molecule has 0 aliphatic carbocycles. The Hall–Kier alpha value is -0.410. The van der Waals surface area contributed by atoms with Gasteiger partial charge in [0.1, 0.15) is 11.5 Å². The number of aryl methyl sites for hydroxylation is 1. The summed E-state index contributed by atoms with van der Waals surface area (Å²) in [4.78, 5) is 2.31. The molecule has 2 nitrogen and oxygen atoms in total. The molecular weight excluding hydrogens is 218 g/mol. The Balaban J connectivity index is 2.23. The predicted octanol–water partition coefficient (Wildman–Crippen LogP) is 3.37. The lowest BCUT2D eigenvalue weighted by Crippen LogP contribution is -2.20. The van der Waals surface area contributed by atoms with E-state index in [2.05, 4.69) is 37.6 Å². The van der Waals surface area contributed by atoms with Crippen LogP contribution in [0.15, 0.2) is 16.5 Å². The van der Waals surface area contributed by atoms with Crippen molar-refractivity contribution in [3.8, 4) is 0 Å². The van der Waals surface area contributed by atoms with Gasteiger partial charge in [0, 0.05) is 0 Å². The van der Waals surface area contributed by atoms with Crippen molar-refractivity contribution in [3.05, 3.63) is 23.7 Å². The van der Waals surface area contributed by atoms with Gasteiger partial charge >= 0.3 is 0 Å². The quantitative estimate of drug-likeness (QED) is 0.737. The van der Waals surface area contributed by atoms with Crippen LogP contribution in [0.2, 0.25) is 0 Å². The zero-order chi connectivity index (χ0) is 12.0. The minimum Gasteiger partial charge on any atom is -0.465 e. The lowest BCUT2D eigenvalue weighted by atomic mass is 10.1. The first-order valence-corrected chi connectivity index (χ1v) is 6.59. The molecule has 0 saturated heterocycles. The SMILES string of the molecule is Cc1ccc(CN(C)CCC(C)CCS)o1. The van der Waals surface area contributed by atoms with E-state index in [9.17, 15) is 0 Å². The molecule has 0 amide bonds. The Labute approximate surface area is 104 Å². The smallest absolute Gasteiger partial charge is 0.118 e. The molecule has 0 aromatic carbocycles. The number of hydrogen-bond donors (Lipinski definition) is 1. The van der Waals surface area contributed by atoms with Crippen LogP contribution >= 0.6 is 12.6 Å². The molecule has 0 bridgehead atoms. The topological polar surface area (TPSA) is 16.4 Å². The van der Waals surface area contributed by atoms with Crippen molar-refractivity contribution >= 4 is 12.6 Å². The number of nitrogens with zero attached hydrogens (tertiary/aromatic N) is 1. The third-order valence-corrected chi connectivity index (χ3v) is 3.11. The van der Waals surface area contributed by atoms with Crippen molar-refractivity contribution in [2.24, 2.45) is 5.92 Å². The fourth-order valence-electron chi connectivity index (χ4n) is 1.72. The van der Waals surface area contributed by atoms with Crippen molar-refractivity contribution in [3.63, 3.8) is 0 Å². The maximum absolute atomic E-state index is 5.55. The second-order valence-corrected chi connectivity index (χ2v) is 5.10. The Morgan fingerprint density at radius 2 is 2.12 bits per heavy atom. The Morgan fingerprint density at radius 1 is 1.38 bits per heavy atom. The Bertz CT molecular complexity index is 298. The van der Waals surface area contributed by atoms with E-state index in [0.717, 1.165) is 36.3 Å². The first kappa shape index (κ1) is 13.7. The van der Waals surface area contributed by atoms with Crippen LogP contribution in [0.5, 0.6) is 0 Å². The van der Waals surface area contributed by atoms with Crippen LogP contribution in [0.3, 0.4) is 0 Å². The Morgan fingerprint density at radius 3 is 2.69 bits per heavy atom. The molecule has 1 aromatic heterocycles. The van der Waals surface area contributed by atoms with Gasteiger partial charge in [-0.2, -0.15) is 12.6 Å². The summed E-state index contributed by atoms with van der Waals surface area (Å²) < 4.78 is 5.55. The summed E-state index contributed by atoms with van der Waals surface area (Å²) in [6, 6.07) is 4.08. The molecule has 3 heteroatoms. The molecule has 0 aliphatic heterocycles. The summed E-state index contributed by atoms with van der Waals surface area (Å²) in [6.07, 6.45) is 2.44. The van der Waals surface area contributed by atoms with Crippen molar-refractivity contribution in [1.29, 1.82) is 0 Å². The molecule has 1 heterocycles. The summed E-state index contributed by atoms with van der Waals surface area (Å²) in [6.45, 7) is 6.30. The fraction of sp³-hybridized carbons (Fsp3) is 0.692. The third-order valence-electron chi connectivity index (χ3n) is 2.85. The molecule has 1 atom stereocenters. The van der Waals surface area contributed by atoms with Gasteiger partial charge in [-0.3, -0.25) is 4.90 Å². The van der Waals surface area contributed by atoms with Gasteiger partial charge < -0.3 is 4.42 Å². The second kappa shape index (κ2) is 7.02. The van der Waals surface area contributed by atoms with Gasteiger partial charge in [0.2, 0.25) is 0 Å². The summed E-state index contributed by atoms with van der Waals surface area (Å²) >= 11 is 4.26. The van der Waals surface area contributed by atoms with Crippen LogP contribution < -0.4 is 0 Å². The summed E-state index contributed by atoms with van der Waals surface area (Å²) in [5, 5.41) is 0. The molecule has 16 heavy (non-hydrogen) atoms. The van der Waals surface area contributed by atoms with Crippen LogP contribution in [-0.4, -0.2) is 24.2 Å². The van der Waals surface area contributed by atoms with E-state index in [1.54, 1.807) is 0 Å². The van der Waals surface area contributed by atoms with Gasteiger partial charge in [-0.1, -0.05) is 6.92 Å². The minimum absolute atomic E-state index is 0.762. The van der Waals surface area contributed by atoms with Crippen LogP contribution in [0.4, 0.5) is 0 Å². The van der Waals surface area contributed by atoms with Gasteiger partial charge in [-0.05, 0) is 57.2 Å². The van der Waals surface area contributed by atoms with Crippen molar-refractivity contribution in [2.75, 3.05) is 19.3 Å². The van der Waals surface area contributed by atoms with E-state index in [1.807, 2.05) is 13.0 Å². The molecule has 0 aliphatic rings. The first-order valence-electron chi connectivity index (χ1n) is 5.96. The summed E-state index contributed by atoms with van der Waals surface area (Å²) in [5.74, 6) is 3.80. The van der Waals surface area contributed by atoms with E-state index < -0.39 is 0 Å². The van der Waals surface area contributed by atoms with E-state index in [-0.39, 0.29) is 0 Å². The van der Waals surface area contributed by atoms with Crippen LogP contribution in [-0.2, 0) is 6.54 Å². The molecule has 1 aromatic rings. The highest BCUT2D eigenvalue weighted by atomic mass is 32.1. The lowest BCUT2D eigenvalue weighted by Gasteiger charge is -2.17. The monoisotopic (exact) mass is 241 g/mol. The number of rotatable bonds is 7. The molecular formula is C13H23NOS. The number of thiol groups is 1. The van der Waals surface area contributed by atoms with Crippen molar-refractivity contribution in [2.45, 2.75) is 33.2 Å². The van der Waals surface area contributed by atoms with Gasteiger partial charge in [0.05, 0.1) is 6.54 Å². The minimum atomic E-state index is 0.762. The maximum atomic E-state index is 5.55. The van der Waals surface area contributed by atoms with Crippen molar-refractivity contribution in [1.82, 2.24) is 4.90 Å². The normalized spacial score (nSPS) is 13.3. The van der Waals surface area contributed by atoms with Crippen LogP contribution in [0, 0.1) is 12.8 Å². The van der Waals surface area contributed by atoms with Crippen molar-refractivity contribution < 1.29 is 4.42 Å². The second-order valence-electron chi connectivity index (χ2n) is 4.66. The molecule has 1 unspecified atom stereocenters. The summed E-state index contributed by atoms with van der Waals surface area (Å²) in [7, 11) is 2.14. The highest BCUT2D eigenvalue weighted by Crippen LogP contribution is 2.12. The van der Waals surface area contributed by atoms with E-state index in [0.29, 0.717) is 0 Å². The average molecular weight is 241 g/mol. The van der Waals surface area contributed by atoms with E-state index in [4.69, 9.17) is 4.42 Å². The molecule has 0 N–H and O–H groups in total. The van der Waals surface area contributed by atoms with Gasteiger partial charge in [-0.15, -0.1) is 0 Å². The maximum Gasteiger partial charge on any atom is 0.118 e. The molecule has 1 rings (SSSR count). The Kier molecular flexibility index (Phi) is 5.99. The zero-order valence-corrected chi connectivity index (χ0v) is 11.5. The van der Waals surface area contributed by atoms with E-state index in [1.165, 1.54) is 12.8 Å². The number of hydrogen-bond acceptors (Lipinski definition) is 3. The van der Waals surface area contributed by atoms with Gasteiger partial charge in [-0.25, -0.2) is 0 Å². The standard InChI is InChI=1S/C13H23NOS/c1-11(7-9-16)6-8-14(3)10-13-5-4-12(2)15-13/h4-5,11,16H,6-10H2,1-3H3. The van der Waals surface area contributed by atoms with Gasteiger partial charge in [0.25, 0.3) is 0 Å². The predicted molar refractivity (Wildman–Crippen MR) is 72.0 cm³/mol. The molecule has 0 spiro atoms. The number of furan rings is 1. The highest BCUT2D eigenvalue weighted by molar-refractivity contribution is 7.80. The van der Waals surface area contributed by atoms with E-state index >= 15 is 0 Å². The van der Waals surface area contributed by atoms with Gasteiger partial charge in [0.15, 0.2) is 0 Å². The largest absolute Gasteiger partial charge is 0.465 e. The highest BCUT2D eigenvalue weighted by Gasteiger charge is 2.06. The zero-order valence-electron chi connectivity index (χ0n) is 10.6. The fourth-order valence-corrected chi connectivity index (χ4v) is 2.16. The lowest BCUT2D eigenvalue weighted by molar-refractivity contribution is 0.271. The molecule has 0 radical (unpaired) electrons. The molecule has 0 fully saturated rings. The average Bonchev–Trinajstić information content (AvgIpc) is 2.61. The third kappa shape index (κ3) is 5.08. The molecule has 0 saturated carbocycles. The first-order chi connectivity index (χ1) is 7.61. The van der Waals surface area contributed by atoms with Crippen LogP contribution in [0.1, 0.15) is 31.3 Å². The summed E-state index contributed by atoms with van der Waals surface area (Å²) in [5.41, 5.74) is 0.